The fraction of sp³-hybridized carbons (Fsp3) is 0.111. The number of hydrogen-bond donors (Lipinski definition) is 4. The Morgan fingerprint density at radius 2 is 1.52 bits per heavy atom. The van der Waals surface area contributed by atoms with Crippen molar-refractivity contribution < 1.29 is 9.59 Å². The van der Waals surface area contributed by atoms with Crippen molar-refractivity contribution in [2.45, 2.75) is 6.42 Å². The van der Waals surface area contributed by atoms with Crippen LogP contribution in [0.2, 0.25) is 0 Å². The lowest BCUT2D eigenvalue weighted by Gasteiger charge is -2.08. The fourth-order valence-corrected chi connectivity index (χ4v) is 4.12. The molecule has 6 heteroatoms. The molecule has 0 atom stereocenters. The molecule has 0 fully saturated rings. The SMILES string of the molecule is O=C(CNC(=O)c1ccc2[nH]cc(-c3ccccc3)c2c1)NCCc1c[nH]c2ccccc12. The van der Waals surface area contributed by atoms with Crippen LogP contribution >= 0.6 is 0 Å². The van der Waals surface area contributed by atoms with Crippen LogP contribution < -0.4 is 10.6 Å². The number of rotatable bonds is 7. The van der Waals surface area contributed by atoms with Crippen molar-refractivity contribution in [3.05, 3.63) is 96.3 Å². The van der Waals surface area contributed by atoms with E-state index in [0.29, 0.717) is 12.1 Å². The Bertz CT molecular complexity index is 1430. The van der Waals surface area contributed by atoms with E-state index >= 15 is 0 Å². The van der Waals surface area contributed by atoms with Crippen LogP contribution in [0.4, 0.5) is 0 Å². The zero-order chi connectivity index (χ0) is 22.6. The maximum absolute atomic E-state index is 12.7. The lowest BCUT2D eigenvalue weighted by atomic mass is 10.0. The first-order valence-electron chi connectivity index (χ1n) is 11.0. The molecule has 0 unspecified atom stereocenters. The molecule has 4 N–H and O–H groups in total. The number of H-pyrrole nitrogens is 2. The Labute approximate surface area is 191 Å². The van der Waals surface area contributed by atoms with Crippen LogP contribution in [0, 0.1) is 0 Å². The quantitative estimate of drug-likeness (QED) is 0.305. The van der Waals surface area contributed by atoms with Crippen LogP contribution in [-0.2, 0) is 11.2 Å². The van der Waals surface area contributed by atoms with Crippen molar-refractivity contribution >= 4 is 33.6 Å². The Morgan fingerprint density at radius 1 is 0.758 bits per heavy atom. The van der Waals surface area contributed by atoms with Crippen LogP contribution in [0.15, 0.2) is 85.2 Å². The average molecular weight is 437 g/mol. The summed E-state index contributed by atoms with van der Waals surface area (Å²) in [5, 5.41) is 7.73. The molecule has 2 aromatic heterocycles. The highest BCUT2D eigenvalue weighted by Crippen LogP contribution is 2.29. The van der Waals surface area contributed by atoms with Crippen molar-refractivity contribution in [2.75, 3.05) is 13.1 Å². The number of aromatic nitrogens is 2. The Morgan fingerprint density at radius 3 is 2.39 bits per heavy atom. The van der Waals surface area contributed by atoms with Crippen molar-refractivity contribution in [3.63, 3.8) is 0 Å². The van der Waals surface area contributed by atoms with E-state index in [1.165, 1.54) is 0 Å². The predicted molar refractivity (Wildman–Crippen MR) is 131 cm³/mol. The van der Waals surface area contributed by atoms with Gasteiger partial charge in [-0.25, -0.2) is 0 Å². The number of hydrogen-bond acceptors (Lipinski definition) is 2. The molecule has 0 aliphatic heterocycles. The molecule has 0 bridgehead atoms. The zero-order valence-electron chi connectivity index (χ0n) is 18.0. The molecule has 0 aliphatic rings. The minimum absolute atomic E-state index is 0.0660. The lowest BCUT2D eigenvalue weighted by molar-refractivity contribution is -0.120. The Kier molecular flexibility index (Phi) is 5.64. The summed E-state index contributed by atoms with van der Waals surface area (Å²) in [4.78, 5) is 31.4. The molecular formula is C27H24N4O2. The molecule has 3 aromatic carbocycles. The van der Waals surface area contributed by atoms with Gasteiger partial charge in [-0.2, -0.15) is 0 Å². The molecule has 5 aromatic rings. The van der Waals surface area contributed by atoms with E-state index in [4.69, 9.17) is 0 Å². The van der Waals surface area contributed by atoms with Gasteiger partial charge in [-0.15, -0.1) is 0 Å². The van der Waals surface area contributed by atoms with E-state index < -0.39 is 0 Å². The number of carbonyl (C=O) groups excluding carboxylic acids is 2. The van der Waals surface area contributed by atoms with E-state index in [2.05, 4.69) is 26.7 Å². The molecule has 6 nitrogen and oxygen atoms in total. The molecule has 0 saturated carbocycles. The first kappa shape index (κ1) is 20.6. The molecule has 0 spiro atoms. The summed E-state index contributed by atoms with van der Waals surface area (Å²) in [6.45, 7) is 0.440. The Hall–Kier alpha value is -4.32. The van der Waals surface area contributed by atoms with Gasteiger partial charge in [0.2, 0.25) is 5.91 Å². The minimum Gasteiger partial charge on any atom is -0.361 e. The highest BCUT2D eigenvalue weighted by Gasteiger charge is 2.12. The minimum atomic E-state index is -0.274. The van der Waals surface area contributed by atoms with E-state index in [9.17, 15) is 9.59 Å². The molecule has 0 aliphatic carbocycles. The first-order valence-corrected chi connectivity index (χ1v) is 11.0. The van der Waals surface area contributed by atoms with Gasteiger partial charge in [-0.3, -0.25) is 9.59 Å². The van der Waals surface area contributed by atoms with Gasteiger partial charge in [0.1, 0.15) is 0 Å². The molecule has 5 rings (SSSR count). The van der Waals surface area contributed by atoms with Gasteiger partial charge in [0.25, 0.3) is 5.91 Å². The van der Waals surface area contributed by atoms with Crippen molar-refractivity contribution in [1.29, 1.82) is 0 Å². The topological polar surface area (TPSA) is 89.8 Å². The molecule has 33 heavy (non-hydrogen) atoms. The third-order valence-electron chi connectivity index (χ3n) is 5.83. The van der Waals surface area contributed by atoms with Gasteiger partial charge < -0.3 is 20.6 Å². The zero-order valence-corrected chi connectivity index (χ0v) is 18.0. The van der Waals surface area contributed by atoms with Gasteiger partial charge in [0.15, 0.2) is 0 Å². The number of nitrogens with one attached hydrogen (secondary N) is 4. The van der Waals surface area contributed by atoms with Gasteiger partial charge in [-0.1, -0.05) is 48.5 Å². The first-order chi connectivity index (χ1) is 16.2. The summed E-state index contributed by atoms with van der Waals surface area (Å²) in [5.74, 6) is -0.486. The number of carbonyl (C=O) groups is 2. The lowest BCUT2D eigenvalue weighted by Crippen LogP contribution is -2.37. The fourth-order valence-electron chi connectivity index (χ4n) is 4.12. The molecular weight excluding hydrogens is 412 g/mol. The second-order valence-electron chi connectivity index (χ2n) is 7.97. The molecule has 2 amide bonds. The number of amides is 2. The van der Waals surface area contributed by atoms with Gasteiger partial charge in [0.05, 0.1) is 6.54 Å². The third kappa shape index (κ3) is 4.36. The van der Waals surface area contributed by atoms with Crippen molar-refractivity contribution in [3.8, 4) is 11.1 Å². The predicted octanol–water partition coefficient (Wildman–Crippen LogP) is 4.40. The summed E-state index contributed by atoms with van der Waals surface area (Å²) >= 11 is 0. The monoisotopic (exact) mass is 436 g/mol. The van der Waals surface area contributed by atoms with Crippen LogP contribution in [0.3, 0.4) is 0 Å². The second-order valence-corrected chi connectivity index (χ2v) is 7.97. The van der Waals surface area contributed by atoms with Gasteiger partial charge in [-0.05, 0) is 41.8 Å². The molecule has 164 valence electrons. The summed E-state index contributed by atoms with van der Waals surface area (Å²) in [5.41, 5.74) is 5.84. The van der Waals surface area contributed by atoms with Crippen LogP contribution in [-0.4, -0.2) is 34.9 Å². The third-order valence-corrected chi connectivity index (χ3v) is 5.83. The smallest absolute Gasteiger partial charge is 0.251 e. The largest absolute Gasteiger partial charge is 0.361 e. The van der Waals surface area contributed by atoms with Crippen LogP contribution in [0.5, 0.6) is 0 Å². The van der Waals surface area contributed by atoms with Gasteiger partial charge in [0, 0.05) is 51.9 Å². The molecule has 0 saturated heterocycles. The average Bonchev–Trinajstić information content (AvgIpc) is 3.47. The second kappa shape index (κ2) is 9.04. The van der Waals surface area contributed by atoms with E-state index in [0.717, 1.165) is 44.9 Å². The maximum atomic E-state index is 12.7. The Balaban J connectivity index is 1.18. The van der Waals surface area contributed by atoms with E-state index in [1.807, 2.05) is 73.1 Å². The van der Waals surface area contributed by atoms with Crippen molar-refractivity contribution in [2.24, 2.45) is 0 Å². The highest BCUT2D eigenvalue weighted by molar-refractivity contribution is 6.03. The van der Waals surface area contributed by atoms with Gasteiger partial charge >= 0.3 is 0 Å². The highest BCUT2D eigenvalue weighted by atomic mass is 16.2. The molecule has 2 heterocycles. The normalized spacial score (nSPS) is 11.0. The maximum Gasteiger partial charge on any atom is 0.251 e. The standard InChI is InChI=1S/C27H24N4O2/c32-26(28-13-12-20-15-29-24-9-5-4-8-21(20)24)17-31-27(33)19-10-11-25-22(14-19)23(16-30-25)18-6-2-1-3-7-18/h1-11,14-16,29-30H,12-13,17H2,(H,28,32)(H,31,33). The van der Waals surface area contributed by atoms with E-state index in [1.54, 1.807) is 6.07 Å². The van der Waals surface area contributed by atoms with Crippen LogP contribution in [0.1, 0.15) is 15.9 Å². The summed E-state index contributed by atoms with van der Waals surface area (Å²) < 4.78 is 0. The number of aromatic amines is 2. The summed E-state index contributed by atoms with van der Waals surface area (Å²) in [6.07, 6.45) is 4.64. The summed E-state index contributed by atoms with van der Waals surface area (Å²) in [7, 11) is 0. The van der Waals surface area contributed by atoms with Crippen LogP contribution in [0.25, 0.3) is 32.9 Å². The summed E-state index contributed by atoms with van der Waals surface area (Å²) in [6, 6.07) is 23.6. The molecule has 0 radical (unpaired) electrons. The number of para-hydroxylation sites is 1. The van der Waals surface area contributed by atoms with E-state index in [-0.39, 0.29) is 18.4 Å². The van der Waals surface area contributed by atoms with Crippen molar-refractivity contribution in [1.82, 2.24) is 20.6 Å². The number of fused-ring (bicyclic) bond motifs is 2. The number of benzene rings is 3.